The Balaban J connectivity index is 1.36. The Morgan fingerprint density at radius 1 is 1.04 bits per heavy atom. The van der Waals surface area contributed by atoms with E-state index in [9.17, 15) is 0 Å². The van der Waals surface area contributed by atoms with Crippen molar-refractivity contribution in [1.29, 1.82) is 0 Å². The first-order chi connectivity index (χ1) is 12.2. The summed E-state index contributed by atoms with van der Waals surface area (Å²) in [5.41, 5.74) is 4.78. The minimum Gasteiger partial charge on any atom is -0.351 e. The lowest BCUT2D eigenvalue weighted by molar-refractivity contribution is -0.205. The maximum Gasteiger partial charge on any atom is 0.177 e. The summed E-state index contributed by atoms with van der Waals surface area (Å²) in [5.74, 6) is 2.27. The predicted molar refractivity (Wildman–Crippen MR) is 102 cm³/mol. The molecule has 0 bridgehead atoms. The van der Waals surface area contributed by atoms with E-state index in [4.69, 9.17) is 9.57 Å². The number of nitrogens with one attached hydrogen (secondary N) is 1. The fourth-order valence-corrected chi connectivity index (χ4v) is 4.29. The fourth-order valence-electron chi connectivity index (χ4n) is 4.29. The summed E-state index contributed by atoms with van der Waals surface area (Å²) < 4.78 is 5.63. The highest BCUT2D eigenvalue weighted by molar-refractivity contribution is 5.19. The molecule has 25 heavy (non-hydrogen) atoms. The first-order valence-corrected chi connectivity index (χ1v) is 10.3. The molecule has 1 aromatic carbocycles. The summed E-state index contributed by atoms with van der Waals surface area (Å²) >= 11 is 0. The summed E-state index contributed by atoms with van der Waals surface area (Å²) in [6, 6.07) is 11.4. The van der Waals surface area contributed by atoms with Gasteiger partial charge in [0, 0.05) is 19.1 Å². The molecule has 1 unspecified atom stereocenters. The molecular formula is C22H35NO2. The van der Waals surface area contributed by atoms with Gasteiger partial charge in [0.1, 0.15) is 0 Å². The monoisotopic (exact) mass is 345 g/mol. The number of benzene rings is 1. The second-order valence-corrected chi connectivity index (χ2v) is 8.16. The molecule has 3 nitrogen and oxygen atoms in total. The lowest BCUT2D eigenvalue weighted by atomic mass is 9.75. The molecule has 2 fully saturated rings. The Labute approximate surface area is 153 Å². The van der Waals surface area contributed by atoms with Gasteiger partial charge in [0.15, 0.2) is 6.29 Å². The molecule has 0 amide bonds. The van der Waals surface area contributed by atoms with Gasteiger partial charge in [-0.3, -0.25) is 4.84 Å². The number of rotatable bonds is 7. The van der Waals surface area contributed by atoms with Crippen LogP contribution in [0.25, 0.3) is 0 Å². The first-order valence-electron chi connectivity index (χ1n) is 10.3. The van der Waals surface area contributed by atoms with Crippen LogP contribution in [-0.4, -0.2) is 18.9 Å². The average Bonchev–Trinajstić information content (AvgIpc) is 2.68. The van der Waals surface area contributed by atoms with Gasteiger partial charge in [0.05, 0.1) is 0 Å². The minimum atomic E-state index is -0.0512. The van der Waals surface area contributed by atoms with Gasteiger partial charge >= 0.3 is 0 Å². The molecule has 3 atom stereocenters. The molecule has 1 N–H and O–H groups in total. The van der Waals surface area contributed by atoms with Gasteiger partial charge in [-0.1, -0.05) is 37.3 Å². The van der Waals surface area contributed by atoms with E-state index >= 15 is 0 Å². The highest BCUT2D eigenvalue weighted by atomic mass is 16.8. The Hall–Kier alpha value is -0.900. The van der Waals surface area contributed by atoms with Crippen LogP contribution in [0.5, 0.6) is 0 Å². The predicted octanol–water partition coefficient (Wildman–Crippen LogP) is 5.42. The molecule has 1 saturated carbocycles. The molecule has 0 radical (unpaired) electrons. The zero-order valence-corrected chi connectivity index (χ0v) is 16.0. The van der Waals surface area contributed by atoms with Gasteiger partial charge in [0.25, 0.3) is 0 Å². The van der Waals surface area contributed by atoms with Crippen LogP contribution in [0.4, 0.5) is 0 Å². The van der Waals surface area contributed by atoms with E-state index < -0.39 is 0 Å². The van der Waals surface area contributed by atoms with Crippen molar-refractivity contribution in [2.45, 2.75) is 83.5 Å². The van der Waals surface area contributed by atoms with Gasteiger partial charge in [0.2, 0.25) is 0 Å². The lowest BCUT2D eigenvalue weighted by Gasteiger charge is -2.32. The standard InChI is InChI=1S/C22H35NO2/c1-17(18(2)23-25-22-10-6-7-15-24-22)16-19-11-13-21(14-12-19)20-8-4-3-5-9-20/h3-5,8-9,17-19,21-23H,6-7,10-16H2,1-2H3/t17-,18+,19?,21?,22?/m1/s1. The topological polar surface area (TPSA) is 30.5 Å². The van der Waals surface area contributed by atoms with E-state index in [0.717, 1.165) is 31.3 Å². The maximum atomic E-state index is 5.76. The van der Waals surface area contributed by atoms with Crippen molar-refractivity contribution >= 4 is 0 Å². The average molecular weight is 346 g/mol. The highest BCUT2D eigenvalue weighted by Crippen LogP contribution is 2.38. The maximum absolute atomic E-state index is 5.76. The number of ether oxygens (including phenoxy) is 1. The van der Waals surface area contributed by atoms with Crippen LogP contribution in [0, 0.1) is 11.8 Å². The first kappa shape index (κ1) is 18.9. The smallest absolute Gasteiger partial charge is 0.177 e. The zero-order chi connectivity index (χ0) is 17.5. The van der Waals surface area contributed by atoms with Gasteiger partial charge < -0.3 is 4.74 Å². The summed E-state index contributed by atoms with van der Waals surface area (Å²) in [7, 11) is 0. The Morgan fingerprint density at radius 2 is 1.80 bits per heavy atom. The largest absolute Gasteiger partial charge is 0.351 e. The molecule has 1 saturated heterocycles. The number of hydrogen-bond acceptors (Lipinski definition) is 3. The molecule has 3 rings (SSSR count). The van der Waals surface area contributed by atoms with Crippen LogP contribution < -0.4 is 5.48 Å². The third-order valence-electron chi connectivity index (χ3n) is 6.20. The normalized spacial score (nSPS) is 29.9. The van der Waals surface area contributed by atoms with E-state index in [2.05, 4.69) is 49.7 Å². The van der Waals surface area contributed by atoms with E-state index in [1.807, 2.05) is 0 Å². The molecule has 0 spiro atoms. The summed E-state index contributed by atoms with van der Waals surface area (Å²) in [6.45, 7) is 5.43. The zero-order valence-electron chi connectivity index (χ0n) is 16.0. The van der Waals surface area contributed by atoms with Gasteiger partial charge in [-0.25, -0.2) is 0 Å². The van der Waals surface area contributed by atoms with Crippen molar-refractivity contribution in [3.05, 3.63) is 35.9 Å². The van der Waals surface area contributed by atoms with E-state index in [1.54, 1.807) is 0 Å². The molecule has 1 heterocycles. The quantitative estimate of drug-likeness (QED) is 0.669. The van der Waals surface area contributed by atoms with Crippen LogP contribution in [0.2, 0.25) is 0 Å². The fraction of sp³-hybridized carbons (Fsp3) is 0.727. The van der Waals surface area contributed by atoms with Crippen LogP contribution in [0.1, 0.15) is 76.7 Å². The van der Waals surface area contributed by atoms with Gasteiger partial charge in [-0.2, -0.15) is 5.48 Å². The van der Waals surface area contributed by atoms with Crippen LogP contribution in [0.3, 0.4) is 0 Å². The highest BCUT2D eigenvalue weighted by Gasteiger charge is 2.25. The number of hydrogen-bond donors (Lipinski definition) is 1. The van der Waals surface area contributed by atoms with Gasteiger partial charge in [-0.15, -0.1) is 0 Å². The van der Waals surface area contributed by atoms with Crippen molar-refractivity contribution < 1.29 is 9.57 Å². The molecule has 2 aliphatic rings. The van der Waals surface area contributed by atoms with E-state index in [-0.39, 0.29) is 6.29 Å². The SMILES string of the molecule is C[C@H](CC1CCC(c2ccccc2)CC1)[C@H](C)NOC1CCCCO1. The van der Waals surface area contributed by atoms with Crippen molar-refractivity contribution in [2.24, 2.45) is 11.8 Å². The van der Waals surface area contributed by atoms with Crippen molar-refractivity contribution in [3.8, 4) is 0 Å². The summed E-state index contributed by atoms with van der Waals surface area (Å²) in [4.78, 5) is 5.76. The molecule has 3 heteroatoms. The Kier molecular flexibility index (Phi) is 7.33. The molecule has 1 aliphatic heterocycles. The second kappa shape index (κ2) is 9.70. The second-order valence-electron chi connectivity index (χ2n) is 8.16. The molecule has 1 aromatic rings. The molecular weight excluding hydrogens is 310 g/mol. The third-order valence-corrected chi connectivity index (χ3v) is 6.20. The number of hydroxylamine groups is 1. The Morgan fingerprint density at radius 3 is 2.48 bits per heavy atom. The van der Waals surface area contributed by atoms with Crippen molar-refractivity contribution in [1.82, 2.24) is 5.48 Å². The van der Waals surface area contributed by atoms with Crippen LogP contribution in [-0.2, 0) is 9.57 Å². The summed E-state index contributed by atoms with van der Waals surface area (Å²) in [6.07, 6.45) is 10.0. The van der Waals surface area contributed by atoms with Crippen molar-refractivity contribution in [3.63, 3.8) is 0 Å². The minimum absolute atomic E-state index is 0.0512. The third kappa shape index (κ3) is 5.80. The molecule has 140 valence electrons. The molecule has 1 aliphatic carbocycles. The van der Waals surface area contributed by atoms with E-state index in [0.29, 0.717) is 12.0 Å². The molecule has 0 aromatic heterocycles. The lowest BCUT2D eigenvalue weighted by Crippen LogP contribution is -2.38. The Bertz CT molecular complexity index is 478. The van der Waals surface area contributed by atoms with Crippen LogP contribution >= 0.6 is 0 Å². The van der Waals surface area contributed by atoms with Crippen molar-refractivity contribution in [2.75, 3.05) is 6.61 Å². The van der Waals surface area contributed by atoms with E-state index in [1.165, 1.54) is 44.1 Å². The van der Waals surface area contributed by atoms with Gasteiger partial charge in [-0.05, 0) is 75.2 Å². The summed E-state index contributed by atoms with van der Waals surface area (Å²) in [5, 5.41) is 0. The van der Waals surface area contributed by atoms with Crippen LogP contribution in [0.15, 0.2) is 30.3 Å².